The molecule has 0 aliphatic carbocycles. The van der Waals surface area contributed by atoms with Crippen molar-refractivity contribution in [3.63, 3.8) is 0 Å². The van der Waals surface area contributed by atoms with Crippen LogP contribution >= 0.6 is 15.9 Å². The Morgan fingerprint density at radius 2 is 2.73 bits per heavy atom. The van der Waals surface area contributed by atoms with Crippen LogP contribution in [0.15, 0.2) is 22.9 Å². The van der Waals surface area contributed by atoms with Crippen molar-refractivity contribution in [2.45, 2.75) is 0 Å². The Kier molecular flexibility index (Phi) is 1.54. The second-order valence-electron chi connectivity index (χ2n) is 1.81. The molecule has 3 nitrogen and oxygen atoms in total. The second kappa shape index (κ2) is 3.48. The van der Waals surface area contributed by atoms with Crippen LogP contribution in [0.4, 0.5) is 0 Å². The molecule has 58 valence electrons. The summed E-state index contributed by atoms with van der Waals surface area (Å²) in [5.74, 6) is -0.653. The number of carbonyl (C=O) groups excluding carboxylic acids is 1. The zero-order valence-corrected chi connectivity index (χ0v) is 7.05. The summed E-state index contributed by atoms with van der Waals surface area (Å²) in [7, 11) is 0. The normalized spacial score (nSPS) is 14.5. The van der Waals surface area contributed by atoms with Gasteiger partial charge in [-0.15, -0.1) is 0 Å². The van der Waals surface area contributed by atoms with E-state index in [0.717, 1.165) is 0 Å². The summed E-state index contributed by atoms with van der Waals surface area (Å²) in [4.78, 5) is 15.1. The lowest BCUT2D eigenvalue weighted by atomic mass is 10.2. The van der Waals surface area contributed by atoms with Crippen molar-refractivity contribution in [2.75, 3.05) is 6.98 Å². The van der Waals surface area contributed by atoms with Gasteiger partial charge < -0.3 is 5.32 Å². The zero-order chi connectivity index (χ0) is 10.8. The van der Waals surface area contributed by atoms with E-state index in [-0.39, 0.29) is 5.56 Å². The number of nitrogens with one attached hydrogen (secondary N) is 1. The van der Waals surface area contributed by atoms with Crippen LogP contribution < -0.4 is 5.32 Å². The van der Waals surface area contributed by atoms with Gasteiger partial charge in [0, 0.05) is 28.0 Å². The molecule has 0 bridgehead atoms. The Hall–Kier alpha value is -0.900. The summed E-state index contributed by atoms with van der Waals surface area (Å²) >= 11 is 3.10. The first kappa shape index (κ1) is 4.87. The Labute approximate surface area is 77.2 Å². The van der Waals surface area contributed by atoms with Crippen LogP contribution in [0.2, 0.25) is 0 Å². The quantitative estimate of drug-likeness (QED) is 0.769. The maximum atomic E-state index is 11.4. The molecule has 1 aromatic heterocycles. The van der Waals surface area contributed by atoms with Gasteiger partial charge in [0.1, 0.15) is 0 Å². The van der Waals surface area contributed by atoms with E-state index in [0.29, 0.717) is 4.47 Å². The summed E-state index contributed by atoms with van der Waals surface area (Å²) in [5.41, 5.74) is 0.246. The molecule has 0 atom stereocenters. The minimum Gasteiger partial charge on any atom is -0.355 e. The molecule has 1 aromatic rings. The van der Waals surface area contributed by atoms with E-state index in [9.17, 15) is 4.79 Å². The molecule has 0 aliphatic rings. The van der Waals surface area contributed by atoms with Crippen LogP contribution in [0, 0.1) is 0 Å². The smallest absolute Gasteiger partial charge is 0.252 e. The molecule has 1 heterocycles. The van der Waals surface area contributed by atoms with Crippen LogP contribution in [-0.2, 0) is 0 Å². The maximum absolute atomic E-state index is 11.4. The van der Waals surface area contributed by atoms with Crippen molar-refractivity contribution in [1.82, 2.24) is 10.3 Å². The lowest BCUT2D eigenvalue weighted by Crippen LogP contribution is -2.18. The number of nitrogens with zero attached hydrogens (tertiary/aromatic N) is 1. The van der Waals surface area contributed by atoms with Crippen molar-refractivity contribution in [1.29, 1.82) is 0 Å². The van der Waals surface area contributed by atoms with E-state index in [2.05, 4.69) is 20.9 Å². The van der Waals surface area contributed by atoms with Gasteiger partial charge in [0.25, 0.3) is 5.91 Å². The van der Waals surface area contributed by atoms with Gasteiger partial charge in [-0.3, -0.25) is 9.78 Å². The molecule has 0 radical (unpaired) electrons. The molecule has 0 spiro atoms. The summed E-state index contributed by atoms with van der Waals surface area (Å²) in [5, 5.41) is 1.88. The standard InChI is InChI=1S/C7H7BrN2O/c1-9-7(11)5-2-3-10-4-6(5)8/h2-4H,1H3,(H,9,11)/i1D3. The summed E-state index contributed by atoms with van der Waals surface area (Å²) < 4.78 is 21.0. The van der Waals surface area contributed by atoms with Gasteiger partial charge in [0.15, 0.2) is 0 Å². The Bertz CT molecular complexity index is 353. The maximum Gasteiger partial charge on any atom is 0.252 e. The number of rotatable bonds is 1. The van der Waals surface area contributed by atoms with E-state index in [1.54, 1.807) is 0 Å². The van der Waals surface area contributed by atoms with Crippen LogP contribution in [0.5, 0.6) is 0 Å². The molecule has 11 heavy (non-hydrogen) atoms. The summed E-state index contributed by atoms with van der Waals surface area (Å²) in [6, 6.07) is 1.44. The Morgan fingerprint density at radius 1 is 1.91 bits per heavy atom. The highest BCUT2D eigenvalue weighted by Gasteiger charge is 2.05. The number of carbonyl (C=O) groups is 1. The molecule has 0 fully saturated rings. The predicted octanol–water partition coefficient (Wildman–Crippen LogP) is 1.20. The number of hydrogen-bond donors (Lipinski definition) is 1. The third kappa shape index (κ3) is 1.77. The average Bonchev–Trinajstić information content (AvgIpc) is 2.01. The van der Waals surface area contributed by atoms with Crippen LogP contribution in [0.3, 0.4) is 0 Å². The Balaban J connectivity index is 2.86. The van der Waals surface area contributed by atoms with Crippen LogP contribution in [0.25, 0.3) is 0 Å². The number of hydrogen-bond acceptors (Lipinski definition) is 2. The van der Waals surface area contributed by atoms with E-state index >= 15 is 0 Å². The summed E-state index contributed by atoms with van der Waals surface area (Å²) in [6.07, 6.45) is 2.84. The molecule has 0 aliphatic heterocycles. The fourth-order valence-corrected chi connectivity index (χ4v) is 1.06. The second-order valence-corrected chi connectivity index (χ2v) is 2.66. The van der Waals surface area contributed by atoms with E-state index in [4.69, 9.17) is 4.11 Å². The molecule has 4 heteroatoms. The van der Waals surface area contributed by atoms with E-state index < -0.39 is 12.9 Å². The topological polar surface area (TPSA) is 42.0 Å². The first-order valence-corrected chi connectivity index (χ1v) is 3.61. The van der Waals surface area contributed by atoms with Gasteiger partial charge in [0.2, 0.25) is 0 Å². The van der Waals surface area contributed by atoms with Gasteiger partial charge in [-0.25, -0.2) is 0 Å². The molecule has 0 unspecified atom stereocenters. The third-order valence-electron chi connectivity index (χ3n) is 1.13. The highest BCUT2D eigenvalue weighted by molar-refractivity contribution is 9.10. The monoisotopic (exact) mass is 217 g/mol. The SMILES string of the molecule is [2H]C([2H])([2H])NC(=O)c1ccncc1Br. The molecule has 1 rings (SSSR count). The third-order valence-corrected chi connectivity index (χ3v) is 1.76. The van der Waals surface area contributed by atoms with Crippen molar-refractivity contribution in [3.05, 3.63) is 28.5 Å². The summed E-state index contributed by atoms with van der Waals surface area (Å²) in [6.45, 7) is -2.47. The first-order chi connectivity index (χ1) is 6.40. The van der Waals surface area contributed by atoms with Gasteiger partial charge in [-0.05, 0) is 22.0 Å². The Morgan fingerprint density at radius 3 is 3.36 bits per heavy atom. The fraction of sp³-hybridized carbons (Fsp3) is 0.143. The highest BCUT2D eigenvalue weighted by atomic mass is 79.9. The van der Waals surface area contributed by atoms with E-state index in [1.807, 2.05) is 5.32 Å². The molecule has 1 amide bonds. The van der Waals surface area contributed by atoms with Crippen LogP contribution in [-0.4, -0.2) is 17.9 Å². The molecular weight excluding hydrogens is 208 g/mol. The van der Waals surface area contributed by atoms with Gasteiger partial charge in [0.05, 0.1) is 5.56 Å². The fourth-order valence-electron chi connectivity index (χ4n) is 0.627. The molecule has 0 aromatic carbocycles. The zero-order valence-electron chi connectivity index (χ0n) is 8.47. The van der Waals surface area contributed by atoms with Gasteiger partial charge >= 0.3 is 0 Å². The van der Waals surface area contributed by atoms with Gasteiger partial charge in [-0.2, -0.15) is 0 Å². The number of amides is 1. The minimum absolute atomic E-state index is 0.246. The van der Waals surface area contributed by atoms with E-state index in [1.165, 1.54) is 18.5 Å². The number of halogens is 1. The molecule has 0 saturated heterocycles. The molecule has 0 saturated carbocycles. The number of aromatic nitrogens is 1. The van der Waals surface area contributed by atoms with Crippen molar-refractivity contribution < 1.29 is 8.91 Å². The lowest BCUT2D eigenvalue weighted by molar-refractivity contribution is 0.0962. The number of pyridine rings is 1. The van der Waals surface area contributed by atoms with Crippen LogP contribution in [0.1, 0.15) is 14.5 Å². The first-order valence-electron chi connectivity index (χ1n) is 4.32. The van der Waals surface area contributed by atoms with Crippen molar-refractivity contribution in [3.8, 4) is 0 Å². The van der Waals surface area contributed by atoms with Crippen molar-refractivity contribution in [2.24, 2.45) is 0 Å². The predicted molar refractivity (Wildman–Crippen MR) is 45.3 cm³/mol. The highest BCUT2D eigenvalue weighted by Crippen LogP contribution is 2.13. The average molecular weight is 218 g/mol. The molecular formula is C7H7BrN2O. The lowest BCUT2D eigenvalue weighted by Gasteiger charge is -1.99. The largest absolute Gasteiger partial charge is 0.355 e. The minimum atomic E-state index is -2.47. The molecule has 1 N–H and O–H groups in total. The van der Waals surface area contributed by atoms with Crippen molar-refractivity contribution >= 4 is 21.8 Å². The van der Waals surface area contributed by atoms with Gasteiger partial charge in [-0.1, -0.05) is 0 Å².